The molecule has 58 heavy (non-hydrogen) atoms. The zero-order valence-electron chi connectivity index (χ0n) is 31.8. The second-order valence-electron chi connectivity index (χ2n) is 15.0. The average Bonchev–Trinajstić information content (AvgIpc) is 3.64. The maximum absolute atomic E-state index is 2.41. The van der Waals surface area contributed by atoms with Crippen LogP contribution in [0.2, 0.25) is 0 Å². The Morgan fingerprint density at radius 3 is 1.67 bits per heavy atom. The molecule has 0 saturated heterocycles. The lowest BCUT2D eigenvalue weighted by Crippen LogP contribution is -2.09. The molecule has 0 radical (unpaired) electrons. The second kappa shape index (κ2) is 14.1. The minimum atomic E-state index is 1.10. The molecule has 272 valence electrons. The van der Waals surface area contributed by atoms with Gasteiger partial charge in [0.05, 0.1) is 11.0 Å². The third kappa shape index (κ3) is 5.82. The van der Waals surface area contributed by atoms with Crippen LogP contribution >= 0.6 is 0 Å². The number of rotatable bonds is 7. The van der Waals surface area contributed by atoms with Gasteiger partial charge in [-0.25, -0.2) is 0 Å². The van der Waals surface area contributed by atoms with Crippen molar-refractivity contribution in [3.8, 4) is 39.1 Å². The summed E-state index contributed by atoms with van der Waals surface area (Å²) < 4.78 is 2.41. The Labute approximate surface area is 338 Å². The smallest absolute Gasteiger partial charge is 0.0547 e. The molecule has 1 aromatic heterocycles. The van der Waals surface area contributed by atoms with Crippen LogP contribution in [0, 0.1) is 0 Å². The van der Waals surface area contributed by atoms with E-state index in [4.69, 9.17) is 0 Å². The van der Waals surface area contributed by atoms with Gasteiger partial charge in [-0.05, 0) is 122 Å². The predicted octanol–water partition coefficient (Wildman–Crippen LogP) is 15.6. The van der Waals surface area contributed by atoms with E-state index in [-0.39, 0.29) is 0 Å². The lowest BCUT2D eigenvalue weighted by Gasteiger charge is -2.26. The molecular formula is C56H38N2. The molecule has 0 atom stereocenters. The molecule has 10 aromatic carbocycles. The molecule has 1 heterocycles. The molecule has 0 bridgehead atoms. The molecule has 11 aromatic rings. The summed E-state index contributed by atoms with van der Waals surface area (Å²) in [6.45, 7) is 0. The van der Waals surface area contributed by atoms with Crippen molar-refractivity contribution in [3.63, 3.8) is 0 Å². The van der Waals surface area contributed by atoms with Gasteiger partial charge in [0.25, 0.3) is 0 Å². The Hall–Kier alpha value is -7.68. The quantitative estimate of drug-likeness (QED) is 0.148. The molecule has 0 spiro atoms. The van der Waals surface area contributed by atoms with E-state index in [2.05, 4.69) is 240 Å². The molecule has 0 unspecified atom stereocenters. The molecular weight excluding hydrogens is 701 g/mol. The lowest BCUT2D eigenvalue weighted by molar-refractivity contribution is 1.18. The maximum Gasteiger partial charge on any atom is 0.0547 e. The number of benzene rings is 10. The number of anilines is 3. The first kappa shape index (κ1) is 33.6. The van der Waals surface area contributed by atoms with E-state index >= 15 is 0 Å². The lowest BCUT2D eigenvalue weighted by atomic mass is 9.97. The Kier molecular flexibility index (Phi) is 8.19. The van der Waals surface area contributed by atoms with Crippen molar-refractivity contribution < 1.29 is 0 Å². The van der Waals surface area contributed by atoms with E-state index < -0.39 is 0 Å². The summed E-state index contributed by atoms with van der Waals surface area (Å²) in [7, 11) is 0. The molecule has 0 saturated carbocycles. The third-order valence-electron chi connectivity index (χ3n) is 11.6. The van der Waals surface area contributed by atoms with Gasteiger partial charge in [-0.2, -0.15) is 0 Å². The fourth-order valence-corrected chi connectivity index (χ4v) is 8.80. The Morgan fingerprint density at radius 1 is 0.293 bits per heavy atom. The van der Waals surface area contributed by atoms with Gasteiger partial charge >= 0.3 is 0 Å². The van der Waals surface area contributed by atoms with Gasteiger partial charge < -0.3 is 9.47 Å². The van der Waals surface area contributed by atoms with E-state index in [1.165, 1.54) is 76.7 Å². The number of hydrogen-bond donors (Lipinski definition) is 0. The molecule has 11 rings (SSSR count). The van der Waals surface area contributed by atoms with Crippen molar-refractivity contribution in [1.82, 2.24) is 4.57 Å². The summed E-state index contributed by atoms with van der Waals surface area (Å²) in [5, 5.41) is 7.59. The van der Waals surface area contributed by atoms with Gasteiger partial charge in [-0.3, -0.25) is 0 Å². The first-order valence-electron chi connectivity index (χ1n) is 19.9. The van der Waals surface area contributed by atoms with Gasteiger partial charge in [0.2, 0.25) is 0 Å². The van der Waals surface area contributed by atoms with Crippen LogP contribution in [0.15, 0.2) is 231 Å². The Morgan fingerprint density at radius 2 is 0.845 bits per heavy atom. The zero-order valence-corrected chi connectivity index (χ0v) is 31.8. The molecule has 0 aliphatic carbocycles. The minimum Gasteiger partial charge on any atom is -0.310 e. The largest absolute Gasteiger partial charge is 0.310 e. The summed E-state index contributed by atoms with van der Waals surface area (Å²) in [4.78, 5) is 2.36. The van der Waals surface area contributed by atoms with Crippen molar-refractivity contribution in [2.45, 2.75) is 0 Å². The van der Waals surface area contributed by atoms with Crippen molar-refractivity contribution in [3.05, 3.63) is 231 Å². The van der Waals surface area contributed by atoms with Gasteiger partial charge in [0.1, 0.15) is 0 Å². The van der Waals surface area contributed by atoms with Gasteiger partial charge in [0, 0.05) is 33.5 Å². The third-order valence-corrected chi connectivity index (χ3v) is 11.6. The van der Waals surface area contributed by atoms with Crippen molar-refractivity contribution in [1.29, 1.82) is 0 Å². The minimum absolute atomic E-state index is 1.10. The van der Waals surface area contributed by atoms with Gasteiger partial charge in [-0.15, -0.1) is 0 Å². The molecule has 0 aliphatic heterocycles. The normalized spacial score (nSPS) is 11.4. The highest BCUT2D eigenvalue weighted by Crippen LogP contribution is 2.42. The summed E-state index contributed by atoms with van der Waals surface area (Å²) >= 11 is 0. The van der Waals surface area contributed by atoms with Crippen LogP contribution in [0.1, 0.15) is 0 Å². The first-order chi connectivity index (χ1) is 28.8. The summed E-state index contributed by atoms with van der Waals surface area (Å²) in [6, 6.07) is 83.6. The fourth-order valence-electron chi connectivity index (χ4n) is 8.80. The zero-order chi connectivity index (χ0) is 38.4. The molecule has 2 nitrogen and oxygen atoms in total. The van der Waals surface area contributed by atoms with E-state index in [1.807, 2.05) is 0 Å². The number of hydrogen-bond acceptors (Lipinski definition) is 1. The Balaban J connectivity index is 0.991. The summed E-state index contributed by atoms with van der Waals surface area (Å²) in [5.41, 5.74) is 14.1. The highest BCUT2D eigenvalue weighted by molar-refractivity contribution is 6.16. The Bertz CT molecular complexity index is 3250. The maximum atomic E-state index is 2.41. The monoisotopic (exact) mass is 738 g/mol. The van der Waals surface area contributed by atoms with Crippen molar-refractivity contribution >= 4 is 60.4 Å². The highest BCUT2D eigenvalue weighted by Gasteiger charge is 2.18. The van der Waals surface area contributed by atoms with Crippen LogP contribution in [0.3, 0.4) is 0 Å². The fraction of sp³-hybridized carbons (Fsp3) is 0. The molecule has 2 heteroatoms. The second-order valence-corrected chi connectivity index (χ2v) is 15.0. The van der Waals surface area contributed by atoms with Gasteiger partial charge in [-0.1, -0.05) is 164 Å². The molecule has 0 fully saturated rings. The molecule has 0 amide bonds. The number of aromatic nitrogens is 1. The van der Waals surface area contributed by atoms with Crippen LogP contribution in [-0.4, -0.2) is 4.57 Å². The first-order valence-corrected chi connectivity index (χ1v) is 19.9. The summed E-state index contributed by atoms with van der Waals surface area (Å²) in [6.07, 6.45) is 0. The highest BCUT2D eigenvalue weighted by atomic mass is 15.1. The van der Waals surface area contributed by atoms with Crippen LogP contribution in [0.4, 0.5) is 17.1 Å². The topological polar surface area (TPSA) is 8.17 Å². The summed E-state index contributed by atoms with van der Waals surface area (Å²) in [5.74, 6) is 0. The predicted molar refractivity (Wildman–Crippen MR) is 247 cm³/mol. The SMILES string of the molecule is c1ccc(-c2ccc(-n3c4ccccc4c4c(-c5cccc(N(c6ccccc6)c6ccc(-c7ccc8c(ccc9ccccc98)c7)cc6)c5)cccc43)cc2)cc1. The van der Waals surface area contributed by atoms with Crippen molar-refractivity contribution in [2.24, 2.45) is 0 Å². The van der Waals surface area contributed by atoms with E-state index in [1.54, 1.807) is 0 Å². The number of fused-ring (bicyclic) bond motifs is 6. The van der Waals surface area contributed by atoms with Crippen LogP contribution < -0.4 is 4.90 Å². The average molecular weight is 739 g/mol. The van der Waals surface area contributed by atoms with Gasteiger partial charge in [0.15, 0.2) is 0 Å². The molecule has 0 aliphatic rings. The standard InChI is InChI=1S/C56H38N2/c1-3-13-39(14-4-1)40-27-34-48(35-28-40)58-54-23-10-9-21-53(54)56-52(22-12-24-55(56)58)44-16-11-19-49(38-44)57(46-17-5-2-6-18-46)47-32-29-41(30-33-47)43-31-36-51-45(37-43)26-25-42-15-7-8-20-50(42)51/h1-38H. The van der Waals surface area contributed by atoms with Crippen LogP contribution in [0.25, 0.3) is 82.4 Å². The van der Waals surface area contributed by atoms with E-state index in [0.29, 0.717) is 0 Å². The number of nitrogens with zero attached hydrogens (tertiary/aromatic N) is 2. The molecule has 0 N–H and O–H groups in total. The van der Waals surface area contributed by atoms with Crippen molar-refractivity contribution in [2.75, 3.05) is 4.90 Å². The van der Waals surface area contributed by atoms with Crippen LogP contribution in [-0.2, 0) is 0 Å². The number of para-hydroxylation sites is 2. The van der Waals surface area contributed by atoms with E-state index in [0.717, 1.165) is 22.7 Å². The van der Waals surface area contributed by atoms with E-state index in [9.17, 15) is 0 Å². The van der Waals surface area contributed by atoms with Crippen LogP contribution in [0.5, 0.6) is 0 Å².